The zero-order chi connectivity index (χ0) is 18.3. The third kappa shape index (κ3) is 2.72. The van der Waals surface area contributed by atoms with Gasteiger partial charge in [-0.2, -0.15) is 0 Å². The van der Waals surface area contributed by atoms with E-state index >= 15 is 0 Å². The zero-order valence-corrected chi connectivity index (χ0v) is 14.5. The molecule has 0 radical (unpaired) electrons. The predicted molar refractivity (Wildman–Crippen MR) is 91.8 cm³/mol. The van der Waals surface area contributed by atoms with Gasteiger partial charge in [0.15, 0.2) is 11.6 Å². The summed E-state index contributed by atoms with van der Waals surface area (Å²) in [6.45, 7) is -0.222. The number of carboxylic acids is 1. The van der Waals surface area contributed by atoms with Gasteiger partial charge in [-0.25, -0.2) is 0 Å². The summed E-state index contributed by atoms with van der Waals surface area (Å²) >= 11 is 0. The molecule has 0 aromatic heterocycles. The highest BCUT2D eigenvalue weighted by atomic mass is 16.4. The fourth-order valence-corrected chi connectivity index (χ4v) is 4.69. The van der Waals surface area contributed by atoms with Gasteiger partial charge in [0.1, 0.15) is 17.9 Å². The van der Waals surface area contributed by atoms with Crippen molar-refractivity contribution in [3.8, 4) is 0 Å². The average molecular weight is 351 g/mol. The number of carbonyl (C=O) groups excluding carboxylic acids is 3. The smallest absolute Gasteiger partial charge is 0.165 e. The van der Waals surface area contributed by atoms with Crippen molar-refractivity contribution >= 4 is 17.5 Å². The maximum Gasteiger partial charge on any atom is 0.165 e. The van der Waals surface area contributed by atoms with Gasteiger partial charge in [-0.05, 0) is 18.4 Å². The molecule has 1 aromatic rings. The third-order valence-corrected chi connectivity index (χ3v) is 5.67. The van der Waals surface area contributed by atoms with E-state index in [9.17, 15) is 19.5 Å². The number of carboxylic acid groups (broad SMARTS) is 1. The van der Waals surface area contributed by atoms with Crippen LogP contribution in [0.25, 0.3) is 0 Å². The maximum absolute atomic E-state index is 12.9. The number of carbonyl (C=O) groups is 3. The molecule has 5 heteroatoms. The monoisotopic (exact) mass is 351 g/mol. The highest BCUT2D eigenvalue weighted by molar-refractivity contribution is 6.05. The minimum Gasteiger partial charge on any atom is -0.544 e. The topological polar surface area (TPSA) is 78.7 Å². The van der Waals surface area contributed by atoms with Crippen LogP contribution >= 0.6 is 0 Å². The molecule has 0 saturated carbocycles. The number of nitrogens with one attached hydrogen (secondary N) is 1. The average Bonchev–Trinajstić information content (AvgIpc) is 2.63. The molecule has 0 unspecified atom stereocenters. The molecule has 4 rings (SSSR count). The highest BCUT2D eigenvalue weighted by Gasteiger charge is 2.46. The first-order valence-electron chi connectivity index (χ1n) is 9.21. The van der Waals surface area contributed by atoms with Crippen molar-refractivity contribution in [1.82, 2.24) is 0 Å². The number of ketones is 2. The van der Waals surface area contributed by atoms with E-state index in [-0.39, 0.29) is 24.0 Å². The summed E-state index contributed by atoms with van der Waals surface area (Å²) in [6, 6.07) is 9.64. The molecular weight excluding hydrogens is 330 g/mol. The van der Waals surface area contributed by atoms with E-state index < -0.39 is 5.97 Å². The van der Waals surface area contributed by atoms with Gasteiger partial charge >= 0.3 is 0 Å². The number of Topliss-reactive ketones (excluding diaryl/α,β-unsaturated/α-hetero) is 2. The third-order valence-electron chi connectivity index (χ3n) is 5.67. The second-order valence-electron chi connectivity index (χ2n) is 7.21. The molecule has 0 atom stereocenters. The Balaban J connectivity index is 1.96. The number of hydrogen-bond acceptors (Lipinski definition) is 4. The number of rotatable bonds is 3. The number of aliphatic carboxylic acids is 1. The summed E-state index contributed by atoms with van der Waals surface area (Å²) < 4.78 is 0. The van der Waals surface area contributed by atoms with E-state index in [2.05, 4.69) is 0 Å². The Morgan fingerprint density at radius 1 is 0.923 bits per heavy atom. The van der Waals surface area contributed by atoms with Crippen molar-refractivity contribution in [3.63, 3.8) is 0 Å². The Kier molecular flexibility index (Phi) is 4.32. The largest absolute Gasteiger partial charge is 0.544 e. The molecule has 0 spiro atoms. The second kappa shape index (κ2) is 6.65. The lowest BCUT2D eigenvalue weighted by atomic mass is 9.71. The Morgan fingerprint density at radius 3 is 1.96 bits per heavy atom. The van der Waals surface area contributed by atoms with Crippen molar-refractivity contribution in [3.05, 3.63) is 58.4 Å². The first-order chi connectivity index (χ1) is 12.6. The van der Waals surface area contributed by atoms with Crippen molar-refractivity contribution in [2.45, 2.75) is 44.4 Å². The van der Waals surface area contributed by atoms with E-state index in [4.69, 9.17) is 0 Å². The lowest BCUT2D eigenvalue weighted by Crippen LogP contribution is -3.11. The molecule has 0 fully saturated rings. The van der Waals surface area contributed by atoms with Gasteiger partial charge in [0.25, 0.3) is 0 Å². The molecule has 0 saturated heterocycles. The normalized spacial score (nSPS) is 25.8. The molecule has 3 aliphatic rings. The Morgan fingerprint density at radius 2 is 1.46 bits per heavy atom. The molecular formula is C21H21NO4. The van der Waals surface area contributed by atoms with Crippen molar-refractivity contribution in [1.29, 1.82) is 0 Å². The van der Waals surface area contributed by atoms with Gasteiger partial charge in [0, 0.05) is 25.7 Å². The van der Waals surface area contributed by atoms with Gasteiger partial charge in [0.05, 0.1) is 23.0 Å². The quantitative estimate of drug-likeness (QED) is 0.857. The van der Waals surface area contributed by atoms with Crippen molar-refractivity contribution in [2.75, 3.05) is 6.54 Å². The SMILES string of the molecule is O=C([O-])C[NH+]1C2=C(C(=O)CCC2)C(c2ccccc2)C2=C1CCCC2=O. The van der Waals surface area contributed by atoms with Gasteiger partial charge in [-0.1, -0.05) is 30.3 Å². The van der Waals surface area contributed by atoms with Crippen LogP contribution in [0.15, 0.2) is 52.9 Å². The standard InChI is InChI=1S/C21H21NO4/c23-16-10-4-8-14-20(16)19(13-6-2-1-3-7-13)21-15(9-5-11-17(21)24)22(14)12-18(25)26/h1-3,6-7,19H,4-5,8-12H2,(H,25,26). The molecule has 0 bridgehead atoms. The van der Waals surface area contributed by atoms with Crippen LogP contribution in [0, 0.1) is 0 Å². The van der Waals surface area contributed by atoms with E-state index in [1.807, 2.05) is 30.3 Å². The van der Waals surface area contributed by atoms with Gasteiger partial charge in [0.2, 0.25) is 0 Å². The van der Waals surface area contributed by atoms with Crippen LogP contribution in [-0.2, 0) is 14.4 Å². The molecule has 1 heterocycles. The van der Waals surface area contributed by atoms with E-state index in [1.54, 1.807) is 0 Å². The fraction of sp³-hybridized carbons (Fsp3) is 0.381. The minimum atomic E-state index is -1.16. The van der Waals surface area contributed by atoms with Crippen LogP contribution in [0.1, 0.15) is 50.0 Å². The molecule has 26 heavy (non-hydrogen) atoms. The van der Waals surface area contributed by atoms with Crippen LogP contribution in [0.2, 0.25) is 0 Å². The first kappa shape index (κ1) is 16.9. The Labute approximate surface area is 152 Å². The molecule has 134 valence electrons. The molecule has 1 N–H and O–H groups in total. The highest BCUT2D eigenvalue weighted by Crippen LogP contribution is 2.43. The van der Waals surface area contributed by atoms with Crippen LogP contribution in [0.3, 0.4) is 0 Å². The van der Waals surface area contributed by atoms with E-state index in [0.29, 0.717) is 41.7 Å². The summed E-state index contributed by atoms with van der Waals surface area (Å²) in [5.74, 6) is -1.43. The number of hydrogen-bond donors (Lipinski definition) is 1. The summed E-state index contributed by atoms with van der Waals surface area (Å²) in [5.41, 5.74) is 3.94. The van der Waals surface area contributed by atoms with Crippen LogP contribution in [-0.4, -0.2) is 24.1 Å². The van der Waals surface area contributed by atoms with Gasteiger partial charge in [-0.3, -0.25) is 14.5 Å². The molecule has 5 nitrogen and oxygen atoms in total. The molecule has 1 aliphatic heterocycles. The fourth-order valence-electron chi connectivity index (χ4n) is 4.69. The maximum atomic E-state index is 12.9. The van der Waals surface area contributed by atoms with Crippen LogP contribution in [0.4, 0.5) is 0 Å². The van der Waals surface area contributed by atoms with Crippen molar-refractivity contribution in [2.24, 2.45) is 0 Å². The van der Waals surface area contributed by atoms with E-state index in [0.717, 1.165) is 29.8 Å². The van der Waals surface area contributed by atoms with Gasteiger partial charge < -0.3 is 9.90 Å². The van der Waals surface area contributed by atoms with Gasteiger partial charge in [-0.15, -0.1) is 0 Å². The molecule has 1 aromatic carbocycles. The summed E-state index contributed by atoms with van der Waals surface area (Å²) in [5, 5.41) is 11.4. The number of quaternary nitrogens is 1. The lowest BCUT2D eigenvalue weighted by molar-refractivity contribution is -0.819. The lowest BCUT2D eigenvalue weighted by Gasteiger charge is -2.39. The predicted octanol–water partition coefficient (Wildman–Crippen LogP) is 0.433. The van der Waals surface area contributed by atoms with Crippen molar-refractivity contribution < 1.29 is 24.4 Å². The minimum absolute atomic E-state index is 0.0425. The van der Waals surface area contributed by atoms with E-state index in [1.165, 1.54) is 0 Å². The zero-order valence-electron chi connectivity index (χ0n) is 14.5. The molecule has 2 aliphatic carbocycles. The number of allylic oxidation sites excluding steroid dienone is 4. The summed E-state index contributed by atoms with van der Waals surface area (Å²) in [7, 11) is 0. The summed E-state index contributed by atoms with van der Waals surface area (Å²) in [6.07, 6.45) is 3.75. The van der Waals surface area contributed by atoms with Crippen LogP contribution < -0.4 is 10.0 Å². The molecule has 0 amide bonds. The Hall–Kier alpha value is -2.53. The summed E-state index contributed by atoms with van der Waals surface area (Å²) in [4.78, 5) is 37.8. The second-order valence-corrected chi connectivity index (χ2v) is 7.21. The number of benzene rings is 1. The van der Waals surface area contributed by atoms with Crippen LogP contribution in [0.5, 0.6) is 0 Å². The Bertz CT molecular complexity index is 806. The first-order valence-corrected chi connectivity index (χ1v) is 9.21.